The van der Waals surface area contributed by atoms with Gasteiger partial charge in [-0.15, -0.1) is 0 Å². The lowest BCUT2D eigenvalue weighted by atomic mass is 9.42. The SMILES string of the molecule is CC(=O)O[C@H]1C[C@@H](O[C@@H]2[C@H](O)C[C@@H](O[C@@H]3[C@H](O)C[C@@H](O[C@H]4CC[C@@]5(C)[C@@H](CC[C@H]6[C@H]5C[C@@H](O)[C@]5(C)[C@H](C7=CC(=O)OC7)CC[C@]65O)C4)O[C@@H]3C)O[C@@H]2C)O[C@H](C)[C@H]1O. The molecule has 15 heteroatoms. The second-order valence-electron chi connectivity index (χ2n) is 19.4. The summed E-state index contributed by atoms with van der Waals surface area (Å²) in [6.45, 7) is 11.2. The number of carbonyl (C=O) groups is 2. The summed E-state index contributed by atoms with van der Waals surface area (Å²) in [5.41, 5.74) is -0.918. The van der Waals surface area contributed by atoms with Crippen molar-refractivity contribution in [3.63, 3.8) is 0 Å². The lowest BCUT2D eigenvalue weighted by Gasteiger charge is -2.65. The Kier molecular flexibility index (Phi) is 12.0. The molecule has 0 spiro atoms. The zero-order chi connectivity index (χ0) is 41.5. The van der Waals surface area contributed by atoms with E-state index >= 15 is 0 Å². The van der Waals surface area contributed by atoms with Gasteiger partial charge in [-0.1, -0.05) is 13.8 Å². The van der Waals surface area contributed by atoms with Crippen LogP contribution in [0.25, 0.3) is 0 Å². The van der Waals surface area contributed by atoms with Crippen molar-refractivity contribution >= 4 is 11.9 Å². The number of ether oxygens (including phenoxy) is 8. The zero-order valence-electron chi connectivity index (χ0n) is 34.8. The molecule has 4 aliphatic carbocycles. The Balaban J connectivity index is 0.829. The topological polar surface area (TPSA) is 209 Å². The van der Waals surface area contributed by atoms with E-state index in [1.54, 1.807) is 19.9 Å². The third-order valence-corrected chi connectivity index (χ3v) is 16.2. The van der Waals surface area contributed by atoms with Gasteiger partial charge in [0.05, 0.1) is 48.3 Å². The highest BCUT2D eigenvalue weighted by Crippen LogP contribution is 2.70. The first-order chi connectivity index (χ1) is 27.4. The third kappa shape index (κ3) is 7.49. The van der Waals surface area contributed by atoms with Crippen LogP contribution in [0.5, 0.6) is 0 Å². The quantitative estimate of drug-likeness (QED) is 0.176. The molecule has 58 heavy (non-hydrogen) atoms. The molecule has 328 valence electrons. The van der Waals surface area contributed by atoms with Gasteiger partial charge >= 0.3 is 11.9 Å². The first-order valence-corrected chi connectivity index (χ1v) is 21.8. The minimum atomic E-state index is -1.02. The van der Waals surface area contributed by atoms with Gasteiger partial charge in [0, 0.05) is 37.7 Å². The van der Waals surface area contributed by atoms with Gasteiger partial charge in [0.1, 0.15) is 31.0 Å². The normalized spacial score (nSPS) is 53.2. The van der Waals surface area contributed by atoms with E-state index in [9.17, 15) is 35.1 Å². The largest absolute Gasteiger partial charge is 0.459 e. The van der Waals surface area contributed by atoms with E-state index < -0.39 is 96.9 Å². The lowest BCUT2D eigenvalue weighted by Crippen LogP contribution is -2.67. The molecule has 0 radical (unpaired) electrons. The van der Waals surface area contributed by atoms with Crippen molar-refractivity contribution in [1.82, 2.24) is 0 Å². The van der Waals surface area contributed by atoms with Crippen LogP contribution in [0.1, 0.15) is 112 Å². The van der Waals surface area contributed by atoms with Gasteiger partial charge in [0.25, 0.3) is 0 Å². The number of cyclic esters (lactones) is 1. The van der Waals surface area contributed by atoms with Crippen LogP contribution in [0.2, 0.25) is 0 Å². The van der Waals surface area contributed by atoms with Crippen LogP contribution in [-0.4, -0.2) is 136 Å². The second-order valence-corrected chi connectivity index (χ2v) is 19.4. The predicted molar refractivity (Wildman–Crippen MR) is 202 cm³/mol. The van der Waals surface area contributed by atoms with Crippen LogP contribution in [0.4, 0.5) is 0 Å². The molecule has 8 rings (SSSR count). The van der Waals surface area contributed by atoms with Crippen LogP contribution in [0.3, 0.4) is 0 Å². The maximum absolute atomic E-state index is 12.6. The van der Waals surface area contributed by atoms with Crippen LogP contribution in [-0.2, 0) is 47.5 Å². The highest BCUT2D eigenvalue weighted by molar-refractivity contribution is 5.85. The van der Waals surface area contributed by atoms with Gasteiger partial charge in [0.15, 0.2) is 18.9 Å². The van der Waals surface area contributed by atoms with Crippen molar-refractivity contribution in [2.24, 2.45) is 34.5 Å². The smallest absolute Gasteiger partial charge is 0.331 e. The molecular weight excluding hydrogens is 756 g/mol. The van der Waals surface area contributed by atoms with Crippen molar-refractivity contribution in [1.29, 1.82) is 0 Å². The Hall–Kier alpha value is -1.76. The maximum Gasteiger partial charge on any atom is 0.331 e. The Bertz CT molecular complexity index is 1530. The number of rotatable bonds is 8. The van der Waals surface area contributed by atoms with Crippen molar-refractivity contribution in [3.05, 3.63) is 11.6 Å². The first-order valence-electron chi connectivity index (χ1n) is 21.8. The Labute approximate surface area is 341 Å². The lowest BCUT2D eigenvalue weighted by molar-refractivity contribution is -0.336. The molecule has 8 aliphatic rings. The summed E-state index contributed by atoms with van der Waals surface area (Å²) < 4.78 is 47.7. The number of carbonyl (C=O) groups excluding carboxylic acids is 2. The summed E-state index contributed by atoms with van der Waals surface area (Å²) >= 11 is 0. The molecule has 0 bridgehead atoms. The fourth-order valence-electron chi connectivity index (χ4n) is 13.1. The van der Waals surface area contributed by atoms with Gasteiger partial charge in [-0.25, -0.2) is 4.79 Å². The van der Waals surface area contributed by atoms with E-state index in [0.29, 0.717) is 18.8 Å². The molecule has 3 saturated heterocycles. The molecule has 0 aromatic rings. The molecule has 0 unspecified atom stereocenters. The Morgan fingerprint density at radius 1 is 0.759 bits per heavy atom. The number of aliphatic hydroxyl groups excluding tert-OH is 4. The summed E-state index contributed by atoms with van der Waals surface area (Å²) in [6, 6.07) is 0. The molecule has 0 amide bonds. The summed E-state index contributed by atoms with van der Waals surface area (Å²) in [7, 11) is 0. The second kappa shape index (κ2) is 16.2. The van der Waals surface area contributed by atoms with Crippen molar-refractivity contribution < 1.29 is 73.0 Å². The minimum Gasteiger partial charge on any atom is -0.459 e. The Morgan fingerprint density at radius 2 is 1.38 bits per heavy atom. The molecule has 4 aliphatic heterocycles. The fourth-order valence-corrected chi connectivity index (χ4v) is 13.1. The maximum atomic E-state index is 12.6. The van der Waals surface area contributed by atoms with Gasteiger partial charge in [0.2, 0.25) is 0 Å². The van der Waals surface area contributed by atoms with Gasteiger partial charge < -0.3 is 63.4 Å². The highest BCUT2D eigenvalue weighted by Gasteiger charge is 2.71. The first kappa shape index (κ1) is 42.9. The van der Waals surface area contributed by atoms with Gasteiger partial charge in [-0.3, -0.25) is 4.79 Å². The van der Waals surface area contributed by atoms with E-state index in [4.69, 9.17) is 37.9 Å². The van der Waals surface area contributed by atoms with Crippen molar-refractivity contribution in [3.8, 4) is 0 Å². The van der Waals surface area contributed by atoms with Crippen molar-refractivity contribution in [2.45, 2.75) is 204 Å². The zero-order valence-corrected chi connectivity index (χ0v) is 34.8. The molecule has 0 aromatic carbocycles. The molecule has 4 saturated carbocycles. The predicted octanol–water partition coefficient (Wildman–Crippen LogP) is 2.79. The van der Waals surface area contributed by atoms with Crippen LogP contribution in [0, 0.1) is 34.5 Å². The average molecular weight is 823 g/mol. The summed E-state index contributed by atoms with van der Waals surface area (Å²) in [5, 5.41) is 57.3. The average Bonchev–Trinajstić information content (AvgIpc) is 3.70. The van der Waals surface area contributed by atoms with Crippen LogP contribution >= 0.6 is 0 Å². The number of fused-ring (bicyclic) bond motifs is 5. The molecule has 7 fully saturated rings. The molecule has 15 nitrogen and oxygen atoms in total. The number of hydrogen-bond acceptors (Lipinski definition) is 15. The number of esters is 2. The van der Waals surface area contributed by atoms with Crippen LogP contribution in [0.15, 0.2) is 11.6 Å². The van der Waals surface area contributed by atoms with Gasteiger partial charge in [-0.05, 0) is 107 Å². The van der Waals surface area contributed by atoms with Gasteiger partial charge in [-0.2, -0.15) is 0 Å². The van der Waals surface area contributed by atoms with E-state index in [1.165, 1.54) is 6.92 Å². The van der Waals surface area contributed by atoms with E-state index in [2.05, 4.69) is 6.92 Å². The fraction of sp³-hybridized carbons (Fsp3) is 0.907. The Morgan fingerprint density at radius 3 is 1.98 bits per heavy atom. The number of aliphatic hydroxyl groups is 5. The summed E-state index contributed by atoms with van der Waals surface area (Å²) in [4.78, 5) is 23.5. The summed E-state index contributed by atoms with van der Waals surface area (Å²) in [6.07, 6.45) is -1.66. The molecule has 21 atom stereocenters. The minimum absolute atomic E-state index is 0.0561. The molecular formula is C43H66O15. The van der Waals surface area contributed by atoms with E-state index in [0.717, 1.165) is 44.1 Å². The number of hydrogen-bond donors (Lipinski definition) is 5. The summed E-state index contributed by atoms with van der Waals surface area (Å²) in [5.74, 6) is -0.345. The standard InChI is InChI=1S/C43H66O15/c1-20-38(49)32(55-23(4)44)18-37(52-20)58-40-22(3)54-36(17-31(40)46)57-39-21(2)53-35(16-30(39)45)56-26-9-11-41(5)25(14-26)7-8-28-29(41)15-33(47)42(6)27(10-12-43(28,42)50)24-13-34(48)51-19-24/h13,20-22,25-33,35-40,45-47,49-50H,7-12,14-19H2,1-6H3/t20-,21-,22-,25+,26+,27+,28+,29-,30-,31-,32+,33-,35-,36-,37-,38-,39+,40+,41+,42+,43+/m1/s1. The monoisotopic (exact) mass is 822 g/mol. The van der Waals surface area contributed by atoms with E-state index in [1.807, 2.05) is 13.8 Å². The molecule has 0 aromatic heterocycles. The van der Waals surface area contributed by atoms with Crippen molar-refractivity contribution in [2.75, 3.05) is 6.61 Å². The van der Waals surface area contributed by atoms with Crippen LogP contribution < -0.4 is 0 Å². The highest BCUT2D eigenvalue weighted by atomic mass is 16.7. The molecule has 4 heterocycles. The molecule has 5 N–H and O–H groups in total. The third-order valence-electron chi connectivity index (χ3n) is 16.2. The van der Waals surface area contributed by atoms with E-state index in [-0.39, 0.29) is 61.1 Å².